The molecule has 0 aliphatic carbocycles. The van der Waals surface area contributed by atoms with Crippen molar-refractivity contribution < 1.29 is 23.9 Å². The Balaban J connectivity index is 1.49. The first-order valence-corrected chi connectivity index (χ1v) is 11.2. The summed E-state index contributed by atoms with van der Waals surface area (Å²) in [7, 11) is 0. The maximum Gasteiger partial charge on any atom is 0.268 e. The molecule has 0 bridgehead atoms. The Morgan fingerprint density at radius 1 is 1.24 bits per heavy atom. The smallest absolute Gasteiger partial charge is 0.268 e. The van der Waals surface area contributed by atoms with Crippen LogP contribution in [0.15, 0.2) is 42.5 Å². The van der Waals surface area contributed by atoms with Crippen LogP contribution in [0.25, 0.3) is 10.9 Å². The quantitative estimate of drug-likeness (QED) is 0.401. The summed E-state index contributed by atoms with van der Waals surface area (Å²) in [5, 5.41) is 17.0. The summed E-state index contributed by atoms with van der Waals surface area (Å²) >= 11 is 5.83. The van der Waals surface area contributed by atoms with Crippen molar-refractivity contribution in [1.29, 1.82) is 0 Å². The standard InChI is InChI=1S/C24H24ClFN4O4/c1-13(2)28-21(31)20-10-15-9-18(3-4-19(15)29-20)30-6-5-24(34,23(30)33)22(32)27-12-14-7-16(25)11-17(26)8-14/h3-4,7-11,13,29,34H,5-6,12H2,1-2H3,(H,27,32)(H,28,31). The van der Waals surface area contributed by atoms with Gasteiger partial charge in [-0.05, 0) is 61.9 Å². The normalized spacial score (nSPS) is 18.1. The molecule has 34 heavy (non-hydrogen) atoms. The Hall–Kier alpha value is -3.43. The van der Waals surface area contributed by atoms with E-state index in [4.69, 9.17) is 11.6 Å². The minimum Gasteiger partial charge on any atom is -0.372 e. The molecule has 8 nitrogen and oxygen atoms in total. The van der Waals surface area contributed by atoms with Gasteiger partial charge < -0.3 is 25.6 Å². The third kappa shape index (κ3) is 4.62. The van der Waals surface area contributed by atoms with Crippen molar-refractivity contribution in [2.75, 3.05) is 11.4 Å². The fraction of sp³-hybridized carbons (Fsp3) is 0.292. The number of carbonyl (C=O) groups is 3. The van der Waals surface area contributed by atoms with E-state index < -0.39 is 23.2 Å². The van der Waals surface area contributed by atoms with E-state index in [0.29, 0.717) is 27.8 Å². The number of aromatic amines is 1. The Labute approximate surface area is 200 Å². The van der Waals surface area contributed by atoms with Crippen molar-refractivity contribution in [2.45, 2.75) is 38.5 Å². The summed E-state index contributed by atoms with van der Waals surface area (Å²) in [4.78, 5) is 42.4. The number of anilines is 1. The first-order valence-electron chi connectivity index (χ1n) is 10.8. The van der Waals surface area contributed by atoms with E-state index in [1.54, 1.807) is 24.3 Å². The number of aromatic nitrogens is 1. The maximum absolute atomic E-state index is 13.5. The molecule has 3 amide bonds. The molecule has 4 rings (SSSR count). The minimum atomic E-state index is -2.24. The van der Waals surface area contributed by atoms with Crippen LogP contribution in [0.1, 0.15) is 36.3 Å². The molecule has 0 spiro atoms. The second-order valence-corrected chi connectivity index (χ2v) is 9.05. The molecular formula is C24H24ClFN4O4. The van der Waals surface area contributed by atoms with Crippen molar-refractivity contribution in [2.24, 2.45) is 0 Å². The molecule has 2 heterocycles. The van der Waals surface area contributed by atoms with Crippen LogP contribution in [0.4, 0.5) is 10.1 Å². The highest BCUT2D eigenvalue weighted by molar-refractivity contribution is 6.30. The molecule has 1 atom stereocenters. The number of amides is 3. The van der Waals surface area contributed by atoms with E-state index in [1.165, 1.54) is 17.0 Å². The van der Waals surface area contributed by atoms with Gasteiger partial charge in [-0.3, -0.25) is 14.4 Å². The zero-order valence-corrected chi connectivity index (χ0v) is 19.4. The summed E-state index contributed by atoms with van der Waals surface area (Å²) in [5.74, 6) is -2.41. The summed E-state index contributed by atoms with van der Waals surface area (Å²) in [6.45, 7) is 3.76. The molecule has 1 aliphatic rings. The average molecular weight is 487 g/mol. The van der Waals surface area contributed by atoms with E-state index >= 15 is 0 Å². The van der Waals surface area contributed by atoms with E-state index in [1.807, 2.05) is 13.8 Å². The highest BCUT2D eigenvalue weighted by Gasteiger charge is 2.51. The van der Waals surface area contributed by atoms with Gasteiger partial charge in [0.25, 0.3) is 17.7 Å². The Morgan fingerprint density at radius 2 is 2.00 bits per heavy atom. The van der Waals surface area contributed by atoms with Crippen molar-refractivity contribution in [3.63, 3.8) is 0 Å². The number of nitrogens with zero attached hydrogens (tertiary/aromatic N) is 1. The first kappa shape index (κ1) is 23.7. The fourth-order valence-electron chi connectivity index (χ4n) is 3.95. The van der Waals surface area contributed by atoms with Gasteiger partial charge in [0.15, 0.2) is 0 Å². The lowest BCUT2D eigenvalue weighted by molar-refractivity contribution is -0.149. The van der Waals surface area contributed by atoms with Crippen LogP contribution in [0, 0.1) is 5.82 Å². The van der Waals surface area contributed by atoms with E-state index in [0.717, 1.165) is 6.07 Å². The second kappa shape index (κ2) is 9.08. The fourth-order valence-corrected chi connectivity index (χ4v) is 4.20. The Morgan fingerprint density at radius 3 is 2.71 bits per heavy atom. The van der Waals surface area contributed by atoms with Gasteiger partial charge in [-0.15, -0.1) is 0 Å². The number of aliphatic hydroxyl groups is 1. The van der Waals surface area contributed by atoms with Crippen LogP contribution in [0.5, 0.6) is 0 Å². The number of hydrogen-bond donors (Lipinski definition) is 4. The average Bonchev–Trinajstić information content (AvgIpc) is 3.32. The van der Waals surface area contributed by atoms with Crippen LogP contribution in [-0.2, 0) is 16.1 Å². The van der Waals surface area contributed by atoms with Crippen LogP contribution >= 0.6 is 11.6 Å². The third-order valence-corrected chi connectivity index (χ3v) is 5.85. The van der Waals surface area contributed by atoms with E-state index in [2.05, 4.69) is 15.6 Å². The number of benzene rings is 2. The largest absolute Gasteiger partial charge is 0.372 e. The van der Waals surface area contributed by atoms with Gasteiger partial charge in [0.05, 0.1) is 0 Å². The molecule has 3 aromatic rings. The van der Waals surface area contributed by atoms with E-state index in [-0.39, 0.29) is 36.5 Å². The van der Waals surface area contributed by atoms with Crippen molar-refractivity contribution in [1.82, 2.24) is 15.6 Å². The number of carbonyl (C=O) groups excluding carboxylic acids is 3. The summed E-state index contributed by atoms with van der Waals surface area (Å²) < 4.78 is 13.5. The third-order valence-electron chi connectivity index (χ3n) is 5.63. The van der Waals surface area contributed by atoms with Gasteiger partial charge in [-0.25, -0.2) is 4.39 Å². The first-order chi connectivity index (χ1) is 16.1. The summed E-state index contributed by atoms with van der Waals surface area (Å²) in [6.07, 6.45) is -0.102. The molecule has 1 aromatic heterocycles. The Kier molecular flexibility index (Phi) is 6.33. The van der Waals surface area contributed by atoms with Crippen LogP contribution < -0.4 is 15.5 Å². The predicted octanol–water partition coefficient (Wildman–Crippen LogP) is 2.88. The van der Waals surface area contributed by atoms with Gasteiger partial charge in [0.1, 0.15) is 11.5 Å². The zero-order valence-electron chi connectivity index (χ0n) is 18.6. The van der Waals surface area contributed by atoms with Crippen LogP contribution in [0.3, 0.4) is 0 Å². The van der Waals surface area contributed by atoms with Gasteiger partial charge in [0.2, 0.25) is 5.60 Å². The SMILES string of the molecule is CC(C)NC(=O)c1cc2cc(N3CCC(O)(C(=O)NCc4cc(F)cc(Cl)c4)C3=O)ccc2[nH]1. The molecule has 1 saturated heterocycles. The van der Waals surface area contributed by atoms with Gasteiger partial charge >= 0.3 is 0 Å². The number of fused-ring (bicyclic) bond motifs is 1. The Bertz CT molecular complexity index is 1270. The number of nitrogens with one attached hydrogen (secondary N) is 3. The van der Waals surface area contributed by atoms with Crippen molar-refractivity contribution in [3.8, 4) is 0 Å². The number of rotatable bonds is 6. The van der Waals surface area contributed by atoms with E-state index in [9.17, 15) is 23.9 Å². The number of halogens is 2. The molecule has 4 N–H and O–H groups in total. The molecule has 1 aliphatic heterocycles. The zero-order chi connectivity index (χ0) is 24.6. The maximum atomic E-state index is 13.5. The highest BCUT2D eigenvalue weighted by Crippen LogP contribution is 2.31. The molecular weight excluding hydrogens is 463 g/mol. The molecule has 0 saturated carbocycles. The van der Waals surface area contributed by atoms with Gasteiger partial charge in [-0.2, -0.15) is 0 Å². The summed E-state index contributed by atoms with van der Waals surface area (Å²) in [6, 6.07) is 10.6. The minimum absolute atomic E-state index is 0.0154. The van der Waals surface area contributed by atoms with Gasteiger partial charge in [0, 0.05) is 47.2 Å². The molecule has 1 unspecified atom stereocenters. The van der Waals surface area contributed by atoms with Crippen LogP contribution in [0.2, 0.25) is 5.02 Å². The predicted molar refractivity (Wildman–Crippen MR) is 126 cm³/mol. The molecule has 0 radical (unpaired) electrons. The lowest BCUT2D eigenvalue weighted by Gasteiger charge is -2.22. The molecule has 1 fully saturated rings. The monoisotopic (exact) mass is 486 g/mol. The van der Waals surface area contributed by atoms with Crippen molar-refractivity contribution in [3.05, 3.63) is 64.6 Å². The second-order valence-electron chi connectivity index (χ2n) is 8.61. The number of H-pyrrole nitrogens is 1. The number of hydrogen-bond acceptors (Lipinski definition) is 4. The topological polar surface area (TPSA) is 115 Å². The summed E-state index contributed by atoms with van der Waals surface area (Å²) in [5.41, 5.74) is -0.243. The highest BCUT2D eigenvalue weighted by atomic mass is 35.5. The van der Waals surface area contributed by atoms with Crippen molar-refractivity contribution >= 4 is 45.9 Å². The lowest BCUT2D eigenvalue weighted by atomic mass is 10.0. The van der Waals surface area contributed by atoms with Crippen LogP contribution in [-0.4, -0.2) is 46.0 Å². The molecule has 178 valence electrons. The molecule has 10 heteroatoms. The molecule has 2 aromatic carbocycles. The lowest BCUT2D eigenvalue weighted by Crippen LogP contribution is -2.52. The van der Waals surface area contributed by atoms with Gasteiger partial charge in [-0.1, -0.05) is 11.6 Å².